The van der Waals surface area contributed by atoms with Crippen molar-refractivity contribution in [1.29, 1.82) is 0 Å². The second-order valence-electron chi connectivity index (χ2n) is 14.1. The third-order valence-electron chi connectivity index (χ3n) is 11.2. The topological polar surface area (TPSA) is 64.5 Å². The minimum Gasteiger partial charge on any atom is -0.265 e. The van der Waals surface area contributed by atoms with E-state index in [1.54, 1.807) is 12.4 Å². The van der Waals surface area contributed by atoms with Crippen LogP contribution in [-0.4, -0.2) is 24.9 Å². The number of nitrogens with zero attached hydrogens (tertiary/aromatic N) is 5. The zero-order valence-corrected chi connectivity index (χ0v) is 29.6. The monoisotopic (exact) mass is 701 g/mol. The Hall–Kier alpha value is -7.37. The smallest absolute Gasteiger partial charge is 0.159 e. The molecule has 0 saturated heterocycles. The Kier molecular flexibility index (Phi) is 7.01. The van der Waals surface area contributed by atoms with Crippen LogP contribution in [0.5, 0.6) is 0 Å². The average Bonchev–Trinajstić information content (AvgIpc) is 3.52. The van der Waals surface area contributed by atoms with E-state index < -0.39 is 5.41 Å². The predicted molar refractivity (Wildman–Crippen MR) is 219 cm³/mol. The predicted octanol–water partition coefficient (Wildman–Crippen LogP) is 11.3. The summed E-state index contributed by atoms with van der Waals surface area (Å²) in [5, 5.41) is 0. The molecule has 6 aromatic carbocycles. The minimum atomic E-state index is -0.647. The van der Waals surface area contributed by atoms with Crippen molar-refractivity contribution in [3.05, 3.63) is 211 Å². The van der Waals surface area contributed by atoms with Gasteiger partial charge in [0.25, 0.3) is 0 Å². The molecular weight excluding hydrogens is 671 g/mol. The van der Waals surface area contributed by atoms with Gasteiger partial charge in [0.2, 0.25) is 0 Å². The summed E-state index contributed by atoms with van der Waals surface area (Å²) in [7, 11) is 0. The highest BCUT2D eigenvalue weighted by Gasteiger charge is 2.49. The SMILES string of the molecule is c1ccc(-c2ncc(-c3ccc4c(c3)C3(c5cc(-c6cnc(-c7ccncc7)nc6)ccc5-c5ccccc5-4)c4ccccc4-c4ccccc43)cn2)cc1. The number of hydrogen-bond acceptors (Lipinski definition) is 5. The molecule has 0 bridgehead atoms. The van der Waals surface area contributed by atoms with E-state index in [0.29, 0.717) is 11.6 Å². The molecule has 11 rings (SSSR count). The van der Waals surface area contributed by atoms with E-state index in [1.807, 2.05) is 67.3 Å². The van der Waals surface area contributed by atoms with E-state index in [1.165, 1.54) is 55.6 Å². The van der Waals surface area contributed by atoms with Gasteiger partial charge in [-0.3, -0.25) is 4.98 Å². The third kappa shape index (κ3) is 4.76. The van der Waals surface area contributed by atoms with Crippen molar-refractivity contribution >= 4 is 0 Å². The molecule has 0 fully saturated rings. The Morgan fingerprint density at radius 2 is 0.691 bits per heavy atom. The molecular formula is C50H31N5. The van der Waals surface area contributed by atoms with E-state index in [2.05, 4.69) is 114 Å². The number of fused-ring (bicyclic) bond motifs is 12. The summed E-state index contributed by atoms with van der Waals surface area (Å²) in [4.78, 5) is 23.4. The lowest BCUT2D eigenvalue weighted by Gasteiger charge is -2.36. The first-order chi connectivity index (χ1) is 27.3. The molecule has 0 radical (unpaired) electrons. The van der Waals surface area contributed by atoms with E-state index in [4.69, 9.17) is 19.9 Å². The normalized spacial score (nSPS) is 12.9. The zero-order valence-electron chi connectivity index (χ0n) is 29.6. The Balaban J connectivity index is 1.19. The van der Waals surface area contributed by atoms with Crippen LogP contribution in [-0.2, 0) is 5.41 Å². The van der Waals surface area contributed by atoms with Gasteiger partial charge in [-0.05, 0) is 91.0 Å². The molecule has 2 aliphatic rings. The van der Waals surface area contributed by atoms with Gasteiger partial charge in [-0.25, -0.2) is 19.9 Å². The van der Waals surface area contributed by atoms with Gasteiger partial charge in [-0.15, -0.1) is 0 Å². The largest absolute Gasteiger partial charge is 0.265 e. The molecule has 0 N–H and O–H groups in total. The quantitative estimate of drug-likeness (QED) is 0.183. The number of benzene rings is 6. The lowest BCUT2D eigenvalue weighted by Crippen LogP contribution is -2.29. The van der Waals surface area contributed by atoms with Gasteiger partial charge >= 0.3 is 0 Å². The zero-order chi connectivity index (χ0) is 36.3. The number of pyridine rings is 1. The second-order valence-corrected chi connectivity index (χ2v) is 14.1. The molecule has 0 atom stereocenters. The van der Waals surface area contributed by atoms with Crippen LogP contribution in [0.25, 0.3) is 78.4 Å². The fourth-order valence-electron chi connectivity index (χ4n) is 8.79. The molecule has 1 spiro atoms. The maximum atomic E-state index is 4.83. The number of aromatic nitrogens is 5. The van der Waals surface area contributed by atoms with Crippen LogP contribution in [0.15, 0.2) is 189 Å². The first-order valence-corrected chi connectivity index (χ1v) is 18.5. The first-order valence-electron chi connectivity index (χ1n) is 18.5. The molecule has 3 heterocycles. The van der Waals surface area contributed by atoms with Crippen molar-refractivity contribution in [2.45, 2.75) is 5.41 Å². The van der Waals surface area contributed by atoms with Crippen molar-refractivity contribution in [2.75, 3.05) is 0 Å². The van der Waals surface area contributed by atoms with Gasteiger partial charge < -0.3 is 0 Å². The molecule has 9 aromatic rings. The second kappa shape index (κ2) is 12.4. The molecule has 5 nitrogen and oxygen atoms in total. The van der Waals surface area contributed by atoms with Gasteiger partial charge in [-0.2, -0.15) is 0 Å². The summed E-state index contributed by atoms with van der Waals surface area (Å²) < 4.78 is 0. The summed E-state index contributed by atoms with van der Waals surface area (Å²) in [6.45, 7) is 0. The molecule has 2 aliphatic carbocycles. The molecule has 0 amide bonds. The molecule has 0 aliphatic heterocycles. The average molecular weight is 702 g/mol. The number of hydrogen-bond donors (Lipinski definition) is 0. The highest BCUT2D eigenvalue weighted by Crippen LogP contribution is 2.62. The van der Waals surface area contributed by atoms with Crippen LogP contribution < -0.4 is 0 Å². The molecule has 0 saturated carbocycles. The Labute approximate surface area is 318 Å². The highest BCUT2D eigenvalue weighted by atomic mass is 14.9. The van der Waals surface area contributed by atoms with Gasteiger partial charge in [0.15, 0.2) is 11.6 Å². The molecule has 55 heavy (non-hydrogen) atoms. The van der Waals surface area contributed by atoms with Crippen molar-refractivity contribution < 1.29 is 0 Å². The van der Waals surface area contributed by atoms with Crippen LogP contribution in [0.3, 0.4) is 0 Å². The number of rotatable bonds is 4. The standard InChI is InChI=1S/C50H31N5/c1-2-10-32(11-3-1)48-52-28-36(29-53-48)34-18-20-42-38-12-4-5-13-39(38)43-21-19-35(37-30-54-49(55-31-37)33-22-24-51-25-23-33)27-47(43)50(46(42)26-34)44-16-8-6-14-40(44)41-15-7-9-17-45(41)50/h1-31H. The Morgan fingerprint density at radius 3 is 1.18 bits per heavy atom. The maximum absolute atomic E-state index is 4.83. The lowest BCUT2D eigenvalue weighted by molar-refractivity contribution is 0.776. The fraction of sp³-hybridized carbons (Fsp3) is 0.0200. The summed E-state index contributed by atoms with van der Waals surface area (Å²) in [5.74, 6) is 1.38. The van der Waals surface area contributed by atoms with Gasteiger partial charge in [-0.1, -0.05) is 127 Å². The Morgan fingerprint density at radius 1 is 0.291 bits per heavy atom. The van der Waals surface area contributed by atoms with Crippen molar-refractivity contribution in [3.63, 3.8) is 0 Å². The van der Waals surface area contributed by atoms with Crippen molar-refractivity contribution in [2.24, 2.45) is 0 Å². The van der Waals surface area contributed by atoms with E-state index in [-0.39, 0.29) is 0 Å². The van der Waals surface area contributed by atoms with Crippen LogP contribution in [0.4, 0.5) is 0 Å². The van der Waals surface area contributed by atoms with Gasteiger partial charge in [0.05, 0.1) is 5.41 Å². The summed E-state index contributed by atoms with van der Waals surface area (Å²) >= 11 is 0. The molecule has 0 unspecified atom stereocenters. The third-order valence-corrected chi connectivity index (χ3v) is 11.2. The Bertz CT molecular complexity index is 2700. The maximum Gasteiger partial charge on any atom is 0.159 e. The van der Waals surface area contributed by atoms with Gasteiger partial charge in [0, 0.05) is 59.4 Å². The van der Waals surface area contributed by atoms with Gasteiger partial charge in [0.1, 0.15) is 0 Å². The van der Waals surface area contributed by atoms with Crippen LogP contribution in [0.1, 0.15) is 22.3 Å². The van der Waals surface area contributed by atoms with Crippen LogP contribution >= 0.6 is 0 Å². The summed E-state index contributed by atoms with van der Waals surface area (Å²) in [6, 6.07) is 54.5. The van der Waals surface area contributed by atoms with E-state index in [9.17, 15) is 0 Å². The minimum absolute atomic E-state index is 0.647. The molecule has 256 valence electrons. The lowest BCUT2D eigenvalue weighted by atomic mass is 9.65. The van der Waals surface area contributed by atoms with E-state index in [0.717, 1.165) is 33.4 Å². The van der Waals surface area contributed by atoms with Crippen molar-refractivity contribution in [1.82, 2.24) is 24.9 Å². The molecule has 3 aromatic heterocycles. The summed E-state index contributed by atoms with van der Waals surface area (Å²) in [6.07, 6.45) is 11.3. The highest BCUT2D eigenvalue weighted by molar-refractivity contribution is 5.98. The summed E-state index contributed by atoms with van der Waals surface area (Å²) in [5.41, 5.74) is 17.6. The fourth-order valence-corrected chi connectivity index (χ4v) is 8.79. The van der Waals surface area contributed by atoms with Crippen LogP contribution in [0, 0.1) is 0 Å². The van der Waals surface area contributed by atoms with Crippen molar-refractivity contribution in [3.8, 4) is 78.4 Å². The van der Waals surface area contributed by atoms with Crippen LogP contribution in [0.2, 0.25) is 0 Å². The molecule has 5 heteroatoms. The van der Waals surface area contributed by atoms with E-state index >= 15 is 0 Å². The first kappa shape index (κ1) is 31.2.